The molecule has 0 unspecified atom stereocenters. The van der Waals surface area contributed by atoms with E-state index in [9.17, 15) is 13.2 Å². The summed E-state index contributed by atoms with van der Waals surface area (Å²) in [7, 11) is -2.06. The van der Waals surface area contributed by atoms with E-state index in [-0.39, 0.29) is 29.3 Å². The minimum absolute atomic E-state index is 0. The molecule has 1 amide bonds. The monoisotopic (exact) mass is 349 g/mol. The zero-order chi connectivity index (χ0) is 16.0. The Morgan fingerprint density at radius 3 is 2.55 bits per heavy atom. The van der Waals surface area contributed by atoms with Crippen molar-refractivity contribution in [2.24, 2.45) is 5.73 Å². The van der Waals surface area contributed by atoms with Crippen LogP contribution in [0.5, 0.6) is 0 Å². The normalized spacial score (nSPS) is 11.4. The van der Waals surface area contributed by atoms with Gasteiger partial charge in [-0.15, -0.1) is 12.4 Å². The second-order valence-corrected chi connectivity index (χ2v) is 7.04. The molecule has 0 saturated heterocycles. The molecular formula is C14H24ClN3O3S. The maximum absolute atomic E-state index is 12.4. The Labute approximate surface area is 138 Å². The van der Waals surface area contributed by atoms with Crippen LogP contribution in [0.2, 0.25) is 0 Å². The van der Waals surface area contributed by atoms with E-state index < -0.39 is 10.0 Å². The lowest BCUT2D eigenvalue weighted by molar-refractivity contribution is 0.0953. The highest BCUT2D eigenvalue weighted by Crippen LogP contribution is 2.17. The molecule has 3 N–H and O–H groups in total. The number of sulfonamides is 1. The number of benzene rings is 1. The summed E-state index contributed by atoms with van der Waals surface area (Å²) in [5.41, 5.74) is 5.68. The van der Waals surface area contributed by atoms with Crippen molar-refractivity contribution in [3.8, 4) is 0 Å². The Kier molecular flexibility index (Phi) is 8.62. The maximum Gasteiger partial charge on any atom is 0.251 e. The lowest BCUT2D eigenvalue weighted by Crippen LogP contribution is -2.33. The number of nitrogens with two attached hydrogens (primary N) is 1. The number of nitrogens with one attached hydrogen (secondary N) is 1. The van der Waals surface area contributed by atoms with Crippen molar-refractivity contribution in [2.45, 2.75) is 31.2 Å². The van der Waals surface area contributed by atoms with E-state index >= 15 is 0 Å². The first kappa shape index (κ1) is 20.9. The highest BCUT2D eigenvalue weighted by molar-refractivity contribution is 7.89. The molecule has 0 atom stereocenters. The van der Waals surface area contributed by atoms with E-state index in [4.69, 9.17) is 5.73 Å². The first-order valence-electron chi connectivity index (χ1n) is 6.87. The van der Waals surface area contributed by atoms with Gasteiger partial charge in [-0.2, -0.15) is 4.31 Å². The smallest absolute Gasteiger partial charge is 0.251 e. The van der Waals surface area contributed by atoms with Crippen LogP contribution in [-0.2, 0) is 10.0 Å². The van der Waals surface area contributed by atoms with Gasteiger partial charge in [0.05, 0.1) is 4.90 Å². The number of carbonyl (C=O) groups excluding carboxylic acids is 1. The molecule has 1 aromatic rings. The highest BCUT2D eigenvalue weighted by Gasteiger charge is 2.23. The van der Waals surface area contributed by atoms with E-state index in [0.717, 1.165) is 0 Å². The van der Waals surface area contributed by atoms with Gasteiger partial charge in [0.2, 0.25) is 10.0 Å². The molecule has 0 radical (unpaired) electrons. The van der Waals surface area contributed by atoms with E-state index in [1.165, 1.54) is 23.5 Å². The van der Waals surface area contributed by atoms with Crippen LogP contribution in [0, 0.1) is 0 Å². The number of halogens is 1. The molecule has 22 heavy (non-hydrogen) atoms. The summed E-state index contributed by atoms with van der Waals surface area (Å²) in [6.07, 6.45) is 0.680. The molecule has 0 aliphatic heterocycles. The zero-order valence-corrected chi connectivity index (χ0v) is 14.7. The Bertz CT molecular complexity index is 591. The average Bonchev–Trinajstić information content (AvgIpc) is 2.46. The first-order chi connectivity index (χ1) is 9.80. The molecule has 0 fully saturated rings. The molecule has 1 rings (SSSR count). The number of hydrogen-bond donors (Lipinski definition) is 2. The number of nitrogens with zero attached hydrogens (tertiary/aromatic N) is 1. The third kappa shape index (κ3) is 5.24. The van der Waals surface area contributed by atoms with Gasteiger partial charge in [-0.25, -0.2) is 8.42 Å². The lowest BCUT2D eigenvalue weighted by atomic mass is 10.2. The molecule has 0 bridgehead atoms. The minimum Gasteiger partial charge on any atom is -0.352 e. The van der Waals surface area contributed by atoms with Crippen LogP contribution in [0.1, 0.15) is 30.6 Å². The molecule has 6 nitrogen and oxygen atoms in total. The molecule has 0 heterocycles. The molecule has 0 aliphatic rings. The van der Waals surface area contributed by atoms with Crippen molar-refractivity contribution in [2.75, 3.05) is 20.1 Å². The quantitative estimate of drug-likeness (QED) is 0.724. The van der Waals surface area contributed by atoms with Gasteiger partial charge in [-0.05, 0) is 45.0 Å². The second-order valence-electron chi connectivity index (χ2n) is 5.04. The molecule has 0 saturated carbocycles. The van der Waals surface area contributed by atoms with Crippen LogP contribution < -0.4 is 11.1 Å². The molecule has 0 spiro atoms. The molecule has 126 valence electrons. The molecule has 8 heteroatoms. The standard InChI is InChI=1S/C14H23N3O3S.ClH/c1-11(2)17(3)21(19,20)13-7-4-6-12(10-13)14(18)16-9-5-8-15;/h4,6-7,10-11H,5,8-9,15H2,1-3H3,(H,16,18);1H. The van der Waals surface area contributed by atoms with Crippen molar-refractivity contribution in [3.63, 3.8) is 0 Å². The molecular weight excluding hydrogens is 326 g/mol. The van der Waals surface area contributed by atoms with Gasteiger partial charge >= 0.3 is 0 Å². The Morgan fingerprint density at radius 1 is 1.36 bits per heavy atom. The fourth-order valence-electron chi connectivity index (χ4n) is 1.65. The second kappa shape index (κ2) is 9.09. The van der Waals surface area contributed by atoms with Crippen LogP contribution >= 0.6 is 12.4 Å². The average molecular weight is 350 g/mol. The Balaban J connectivity index is 0.00000441. The summed E-state index contributed by atoms with van der Waals surface area (Å²) >= 11 is 0. The predicted octanol–water partition coefficient (Wildman–Crippen LogP) is 1.22. The van der Waals surface area contributed by atoms with Crippen molar-refractivity contribution < 1.29 is 13.2 Å². The van der Waals surface area contributed by atoms with Crippen LogP contribution in [-0.4, -0.2) is 44.8 Å². The van der Waals surface area contributed by atoms with Gasteiger partial charge in [0.15, 0.2) is 0 Å². The topological polar surface area (TPSA) is 92.5 Å². The van der Waals surface area contributed by atoms with E-state index in [1.807, 2.05) is 0 Å². The summed E-state index contributed by atoms with van der Waals surface area (Å²) in [5.74, 6) is -0.298. The van der Waals surface area contributed by atoms with Crippen LogP contribution in [0.25, 0.3) is 0 Å². The van der Waals surface area contributed by atoms with E-state index in [2.05, 4.69) is 5.32 Å². The molecule has 0 aliphatic carbocycles. The largest absolute Gasteiger partial charge is 0.352 e. The fourth-order valence-corrected chi connectivity index (χ4v) is 3.06. The van der Waals surface area contributed by atoms with Gasteiger partial charge in [0.1, 0.15) is 0 Å². The number of amides is 1. The lowest BCUT2D eigenvalue weighted by Gasteiger charge is -2.21. The third-order valence-electron chi connectivity index (χ3n) is 3.17. The van der Waals surface area contributed by atoms with Crippen LogP contribution in [0.15, 0.2) is 29.2 Å². The van der Waals surface area contributed by atoms with Crippen molar-refractivity contribution in [1.29, 1.82) is 0 Å². The molecule has 1 aromatic carbocycles. The SMILES string of the molecule is CC(C)N(C)S(=O)(=O)c1cccc(C(=O)NCCCN)c1.Cl. The van der Waals surface area contributed by atoms with Gasteiger partial charge in [-0.1, -0.05) is 6.07 Å². The highest BCUT2D eigenvalue weighted by atomic mass is 35.5. The number of rotatable bonds is 7. The number of carbonyl (C=O) groups is 1. The van der Waals surface area contributed by atoms with E-state index in [0.29, 0.717) is 25.1 Å². The first-order valence-corrected chi connectivity index (χ1v) is 8.31. The van der Waals surface area contributed by atoms with E-state index in [1.54, 1.807) is 26.0 Å². The van der Waals surface area contributed by atoms with Gasteiger partial charge in [-0.3, -0.25) is 4.79 Å². The van der Waals surface area contributed by atoms with Crippen molar-refractivity contribution in [3.05, 3.63) is 29.8 Å². The summed E-state index contributed by atoms with van der Waals surface area (Å²) in [6.45, 7) is 4.55. The number of hydrogen-bond acceptors (Lipinski definition) is 4. The maximum atomic E-state index is 12.4. The summed E-state index contributed by atoms with van der Waals surface area (Å²) in [4.78, 5) is 12.1. The van der Waals surface area contributed by atoms with Crippen molar-refractivity contribution >= 4 is 28.3 Å². The summed E-state index contributed by atoms with van der Waals surface area (Å²) in [6, 6.07) is 5.89. The van der Waals surface area contributed by atoms with Gasteiger partial charge in [0, 0.05) is 25.2 Å². The zero-order valence-electron chi connectivity index (χ0n) is 13.1. The summed E-state index contributed by atoms with van der Waals surface area (Å²) < 4.78 is 26.0. The van der Waals surface area contributed by atoms with Gasteiger partial charge in [0.25, 0.3) is 5.91 Å². The van der Waals surface area contributed by atoms with Crippen LogP contribution in [0.3, 0.4) is 0 Å². The summed E-state index contributed by atoms with van der Waals surface area (Å²) in [5, 5.41) is 2.70. The van der Waals surface area contributed by atoms with Gasteiger partial charge < -0.3 is 11.1 Å². The third-order valence-corrected chi connectivity index (χ3v) is 5.20. The minimum atomic E-state index is -3.59. The van der Waals surface area contributed by atoms with Crippen LogP contribution in [0.4, 0.5) is 0 Å². The van der Waals surface area contributed by atoms with Crippen molar-refractivity contribution in [1.82, 2.24) is 9.62 Å². The Hall–Kier alpha value is -1.15. The fraction of sp³-hybridized carbons (Fsp3) is 0.500. The Morgan fingerprint density at radius 2 is 2.00 bits per heavy atom. The predicted molar refractivity (Wildman–Crippen MR) is 89.8 cm³/mol. The molecule has 0 aromatic heterocycles.